The van der Waals surface area contributed by atoms with Crippen molar-refractivity contribution in [3.63, 3.8) is 0 Å². The topological polar surface area (TPSA) is 56.9 Å². The van der Waals surface area contributed by atoms with Crippen LogP contribution in [0.5, 0.6) is 0 Å². The third-order valence-corrected chi connectivity index (χ3v) is 4.79. The SMILES string of the molecule is O=c1c2ncccc2n(Cc2ccc(C(F)(F)F)cc2)c(=O)n1Cc1ccccc1. The monoisotopic (exact) mass is 411 g/mol. The summed E-state index contributed by atoms with van der Waals surface area (Å²) in [5, 5.41) is 0. The van der Waals surface area contributed by atoms with E-state index in [4.69, 9.17) is 0 Å². The molecule has 0 aliphatic heterocycles. The van der Waals surface area contributed by atoms with Gasteiger partial charge >= 0.3 is 11.9 Å². The Morgan fingerprint density at radius 1 is 0.767 bits per heavy atom. The van der Waals surface area contributed by atoms with Crippen molar-refractivity contribution >= 4 is 11.0 Å². The lowest BCUT2D eigenvalue weighted by Crippen LogP contribution is -2.40. The Labute approximate surface area is 168 Å². The van der Waals surface area contributed by atoms with Gasteiger partial charge in [0.05, 0.1) is 24.2 Å². The van der Waals surface area contributed by atoms with Crippen molar-refractivity contribution in [1.82, 2.24) is 14.1 Å². The molecule has 8 heteroatoms. The zero-order valence-electron chi connectivity index (χ0n) is 15.6. The maximum Gasteiger partial charge on any atom is 0.416 e. The minimum absolute atomic E-state index is 0.00817. The summed E-state index contributed by atoms with van der Waals surface area (Å²) < 4.78 is 40.9. The Kier molecular flexibility index (Phi) is 4.99. The molecule has 0 spiro atoms. The summed E-state index contributed by atoms with van der Waals surface area (Å²) in [7, 11) is 0. The standard InChI is InChI=1S/C22H16F3N3O2/c23-22(24,25)17-10-8-16(9-11-17)13-27-18-7-4-12-26-19(18)20(29)28(21(27)30)14-15-5-2-1-3-6-15/h1-12H,13-14H2. The number of aromatic nitrogens is 3. The molecule has 0 saturated heterocycles. The van der Waals surface area contributed by atoms with E-state index in [1.54, 1.807) is 36.4 Å². The summed E-state index contributed by atoms with van der Waals surface area (Å²) in [6.07, 6.45) is -2.97. The Morgan fingerprint density at radius 2 is 1.40 bits per heavy atom. The second-order valence-electron chi connectivity index (χ2n) is 6.81. The van der Waals surface area contributed by atoms with E-state index in [1.807, 2.05) is 6.07 Å². The van der Waals surface area contributed by atoms with Gasteiger partial charge in [0, 0.05) is 6.20 Å². The van der Waals surface area contributed by atoms with E-state index < -0.39 is 23.0 Å². The molecule has 0 saturated carbocycles. The summed E-state index contributed by atoms with van der Waals surface area (Å²) >= 11 is 0. The van der Waals surface area contributed by atoms with Crippen molar-refractivity contribution in [2.24, 2.45) is 0 Å². The first-order valence-corrected chi connectivity index (χ1v) is 9.13. The third-order valence-electron chi connectivity index (χ3n) is 4.79. The molecular weight excluding hydrogens is 395 g/mol. The van der Waals surface area contributed by atoms with Crippen LogP contribution in [0.2, 0.25) is 0 Å². The molecule has 2 aromatic carbocycles. The molecule has 0 bridgehead atoms. The Morgan fingerprint density at radius 3 is 2.07 bits per heavy atom. The second-order valence-corrected chi connectivity index (χ2v) is 6.81. The molecule has 4 rings (SSSR count). The van der Waals surface area contributed by atoms with E-state index in [2.05, 4.69) is 4.98 Å². The fraction of sp³-hybridized carbons (Fsp3) is 0.136. The Balaban J connectivity index is 1.83. The lowest BCUT2D eigenvalue weighted by atomic mass is 10.1. The highest BCUT2D eigenvalue weighted by atomic mass is 19.4. The summed E-state index contributed by atoms with van der Waals surface area (Å²) in [6, 6.07) is 16.8. The number of hydrogen-bond acceptors (Lipinski definition) is 3. The number of nitrogens with zero attached hydrogens (tertiary/aromatic N) is 3. The van der Waals surface area contributed by atoms with Gasteiger partial charge < -0.3 is 0 Å². The van der Waals surface area contributed by atoms with E-state index in [-0.39, 0.29) is 18.6 Å². The van der Waals surface area contributed by atoms with Crippen LogP contribution in [0.15, 0.2) is 82.5 Å². The molecule has 0 radical (unpaired) electrons. The van der Waals surface area contributed by atoms with Crippen molar-refractivity contribution in [1.29, 1.82) is 0 Å². The zero-order chi connectivity index (χ0) is 21.3. The second kappa shape index (κ2) is 7.62. The van der Waals surface area contributed by atoms with Gasteiger partial charge in [0.25, 0.3) is 5.56 Å². The number of hydrogen-bond donors (Lipinski definition) is 0. The van der Waals surface area contributed by atoms with Crippen LogP contribution in [-0.2, 0) is 19.3 Å². The van der Waals surface area contributed by atoms with Crippen LogP contribution >= 0.6 is 0 Å². The lowest BCUT2D eigenvalue weighted by Gasteiger charge is -2.14. The van der Waals surface area contributed by atoms with Gasteiger partial charge in [-0.25, -0.2) is 9.78 Å². The maximum atomic E-state index is 13.2. The maximum absolute atomic E-state index is 13.2. The van der Waals surface area contributed by atoms with Crippen LogP contribution in [0.25, 0.3) is 11.0 Å². The molecule has 0 unspecified atom stereocenters. The highest BCUT2D eigenvalue weighted by molar-refractivity contribution is 5.73. The van der Waals surface area contributed by atoms with E-state index in [1.165, 1.54) is 22.9 Å². The largest absolute Gasteiger partial charge is 0.416 e. The van der Waals surface area contributed by atoms with Crippen molar-refractivity contribution in [3.8, 4) is 0 Å². The van der Waals surface area contributed by atoms with Gasteiger partial charge in [-0.1, -0.05) is 42.5 Å². The molecule has 0 atom stereocenters. The van der Waals surface area contributed by atoms with Gasteiger partial charge in [0.15, 0.2) is 5.52 Å². The molecule has 4 aromatic rings. The highest BCUT2D eigenvalue weighted by Gasteiger charge is 2.30. The van der Waals surface area contributed by atoms with E-state index in [9.17, 15) is 22.8 Å². The quantitative estimate of drug-likeness (QED) is 0.515. The van der Waals surface area contributed by atoms with Gasteiger partial charge in [0.2, 0.25) is 0 Å². The number of rotatable bonds is 4. The zero-order valence-corrected chi connectivity index (χ0v) is 15.6. The lowest BCUT2D eigenvalue weighted by molar-refractivity contribution is -0.137. The summed E-state index contributed by atoms with van der Waals surface area (Å²) in [4.78, 5) is 30.2. The number of alkyl halides is 3. The molecule has 0 fully saturated rings. The van der Waals surface area contributed by atoms with Gasteiger partial charge in [-0.15, -0.1) is 0 Å². The highest BCUT2D eigenvalue weighted by Crippen LogP contribution is 2.29. The fourth-order valence-electron chi connectivity index (χ4n) is 3.28. The van der Waals surface area contributed by atoms with Crippen LogP contribution in [-0.4, -0.2) is 14.1 Å². The summed E-state index contributed by atoms with van der Waals surface area (Å²) in [6.45, 7) is 0.0757. The molecular formula is C22H16F3N3O2. The Hall–Kier alpha value is -3.68. The Bertz CT molecular complexity index is 1310. The molecule has 0 aliphatic rings. The molecule has 0 amide bonds. The molecule has 152 valence electrons. The predicted molar refractivity (Wildman–Crippen MR) is 106 cm³/mol. The normalized spacial score (nSPS) is 11.7. The first kappa shape index (κ1) is 19.6. The van der Waals surface area contributed by atoms with Gasteiger partial charge in [-0.05, 0) is 35.4 Å². The smallest absolute Gasteiger partial charge is 0.287 e. The minimum Gasteiger partial charge on any atom is -0.287 e. The number of halogens is 3. The number of fused-ring (bicyclic) bond motifs is 1. The first-order chi connectivity index (χ1) is 14.3. The molecule has 0 N–H and O–H groups in total. The van der Waals surface area contributed by atoms with Crippen molar-refractivity contribution in [2.75, 3.05) is 0 Å². The molecule has 2 aromatic heterocycles. The van der Waals surface area contributed by atoms with E-state index in [0.717, 1.165) is 22.3 Å². The van der Waals surface area contributed by atoms with Gasteiger partial charge in [-0.2, -0.15) is 13.2 Å². The summed E-state index contributed by atoms with van der Waals surface area (Å²) in [5.41, 5.74) is -0.101. The van der Waals surface area contributed by atoms with Crippen molar-refractivity contribution in [2.45, 2.75) is 19.3 Å². The average Bonchev–Trinajstić information content (AvgIpc) is 2.75. The average molecular weight is 411 g/mol. The fourth-order valence-corrected chi connectivity index (χ4v) is 3.28. The minimum atomic E-state index is -4.44. The number of benzene rings is 2. The van der Waals surface area contributed by atoms with Crippen molar-refractivity contribution in [3.05, 3.63) is 110 Å². The van der Waals surface area contributed by atoms with Crippen LogP contribution in [0, 0.1) is 0 Å². The predicted octanol–water partition coefficient (Wildman–Crippen LogP) is 3.67. The van der Waals surface area contributed by atoms with Crippen molar-refractivity contribution < 1.29 is 13.2 Å². The number of pyridine rings is 1. The molecule has 0 aliphatic carbocycles. The van der Waals surface area contributed by atoms with E-state index in [0.29, 0.717) is 11.1 Å². The molecule has 30 heavy (non-hydrogen) atoms. The molecule has 2 heterocycles. The van der Waals surface area contributed by atoms with E-state index >= 15 is 0 Å². The van der Waals surface area contributed by atoms with Gasteiger partial charge in [0.1, 0.15) is 0 Å². The summed E-state index contributed by atoms with van der Waals surface area (Å²) in [5.74, 6) is 0. The van der Waals surface area contributed by atoms with Crippen LogP contribution in [0.4, 0.5) is 13.2 Å². The molecule has 5 nitrogen and oxygen atoms in total. The van der Waals surface area contributed by atoms with Crippen LogP contribution in [0.3, 0.4) is 0 Å². The third kappa shape index (κ3) is 3.76. The first-order valence-electron chi connectivity index (χ1n) is 9.13. The van der Waals surface area contributed by atoms with Gasteiger partial charge in [-0.3, -0.25) is 13.9 Å². The van der Waals surface area contributed by atoms with Crippen LogP contribution in [0.1, 0.15) is 16.7 Å². The van der Waals surface area contributed by atoms with Crippen LogP contribution < -0.4 is 11.2 Å².